The molecular weight excluding hydrogens is 340 g/mol. The zero-order chi connectivity index (χ0) is 18.4. The highest BCUT2D eigenvalue weighted by Crippen LogP contribution is 2.34. The Bertz CT molecular complexity index is 1130. The summed E-state index contributed by atoms with van der Waals surface area (Å²) in [5.41, 5.74) is 3.92. The first kappa shape index (κ1) is 16.0. The molecule has 5 rings (SSSR count). The van der Waals surface area contributed by atoms with Gasteiger partial charge in [0.25, 0.3) is 0 Å². The number of nitrogens with zero attached hydrogens (tertiary/aromatic N) is 5. The largest absolute Gasteiger partial charge is 0.480 e. The van der Waals surface area contributed by atoms with E-state index in [0.29, 0.717) is 17.9 Å². The van der Waals surface area contributed by atoms with Crippen LogP contribution in [-0.4, -0.2) is 37.7 Å². The second-order valence-electron chi connectivity index (χ2n) is 7.03. The normalized spacial score (nSPS) is 15.2. The Kier molecular flexibility index (Phi) is 3.67. The van der Waals surface area contributed by atoms with Crippen molar-refractivity contribution in [3.63, 3.8) is 0 Å². The van der Waals surface area contributed by atoms with E-state index in [4.69, 9.17) is 4.74 Å². The van der Waals surface area contributed by atoms with E-state index in [1.54, 1.807) is 7.11 Å². The van der Waals surface area contributed by atoms with Crippen molar-refractivity contribution in [2.24, 2.45) is 5.92 Å². The van der Waals surface area contributed by atoms with Crippen LogP contribution in [0.3, 0.4) is 0 Å². The van der Waals surface area contributed by atoms with Crippen LogP contribution >= 0.6 is 0 Å². The molecule has 7 heteroatoms. The number of methoxy groups -OCH3 is 1. The minimum atomic E-state index is 0.408. The number of hydrogen-bond acceptors (Lipinski definition) is 6. The third-order valence-corrected chi connectivity index (χ3v) is 5.21. The summed E-state index contributed by atoms with van der Waals surface area (Å²) >= 11 is 0. The smallest absolute Gasteiger partial charge is 0.241 e. The van der Waals surface area contributed by atoms with Gasteiger partial charge >= 0.3 is 0 Å². The number of hydrogen-bond donors (Lipinski definition) is 1. The van der Waals surface area contributed by atoms with Gasteiger partial charge in [0.15, 0.2) is 0 Å². The Morgan fingerprint density at radius 2 is 2.07 bits per heavy atom. The van der Waals surface area contributed by atoms with Gasteiger partial charge in [-0.25, -0.2) is 19.5 Å². The van der Waals surface area contributed by atoms with E-state index in [-0.39, 0.29) is 0 Å². The monoisotopic (exact) mass is 360 g/mol. The fraction of sp³-hybridized carbons (Fsp3) is 0.300. The zero-order valence-electron chi connectivity index (χ0n) is 15.3. The van der Waals surface area contributed by atoms with E-state index in [9.17, 15) is 0 Å². The molecular formula is C20H20N6O. The van der Waals surface area contributed by atoms with Gasteiger partial charge < -0.3 is 10.1 Å². The third-order valence-electron chi connectivity index (χ3n) is 5.21. The molecule has 7 nitrogen and oxygen atoms in total. The Balaban J connectivity index is 1.54. The van der Waals surface area contributed by atoms with Gasteiger partial charge in [0.1, 0.15) is 6.33 Å². The predicted octanol–water partition coefficient (Wildman–Crippen LogP) is 3.56. The van der Waals surface area contributed by atoms with Crippen molar-refractivity contribution in [2.45, 2.75) is 25.8 Å². The molecule has 1 unspecified atom stereocenters. The predicted molar refractivity (Wildman–Crippen MR) is 104 cm³/mol. The summed E-state index contributed by atoms with van der Waals surface area (Å²) in [5.74, 6) is 1.99. The second-order valence-corrected chi connectivity index (χ2v) is 7.03. The average Bonchev–Trinajstić information content (AvgIpc) is 3.47. The average molecular weight is 360 g/mol. The number of aromatic nitrogens is 5. The van der Waals surface area contributed by atoms with E-state index in [2.05, 4.69) is 38.4 Å². The molecule has 1 aromatic carbocycles. The van der Waals surface area contributed by atoms with E-state index >= 15 is 0 Å². The van der Waals surface area contributed by atoms with Crippen molar-refractivity contribution in [3.05, 3.63) is 43.0 Å². The van der Waals surface area contributed by atoms with E-state index in [1.807, 2.05) is 35.1 Å². The molecule has 4 aromatic rings. The fourth-order valence-electron chi connectivity index (χ4n) is 3.49. The van der Waals surface area contributed by atoms with Crippen LogP contribution < -0.4 is 10.1 Å². The molecule has 1 atom stereocenters. The first-order valence-electron chi connectivity index (χ1n) is 9.13. The highest BCUT2D eigenvalue weighted by atomic mass is 16.5. The van der Waals surface area contributed by atoms with Crippen LogP contribution in [0.5, 0.6) is 5.88 Å². The molecule has 1 aliphatic carbocycles. The van der Waals surface area contributed by atoms with Crippen LogP contribution in [0.1, 0.15) is 19.8 Å². The molecule has 1 N–H and O–H groups in total. The number of rotatable bonds is 5. The molecule has 0 aliphatic heterocycles. The van der Waals surface area contributed by atoms with Crippen LogP contribution in [-0.2, 0) is 0 Å². The minimum absolute atomic E-state index is 0.408. The van der Waals surface area contributed by atoms with Crippen molar-refractivity contribution < 1.29 is 4.74 Å². The van der Waals surface area contributed by atoms with Crippen molar-refractivity contribution in [3.8, 4) is 17.0 Å². The summed E-state index contributed by atoms with van der Waals surface area (Å²) in [6.07, 6.45) is 7.92. The maximum Gasteiger partial charge on any atom is 0.241 e. The number of fused-ring (bicyclic) bond motifs is 2. The van der Waals surface area contributed by atoms with Crippen molar-refractivity contribution >= 4 is 22.4 Å². The summed E-state index contributed by atoms with van der Waals surface area (Å²) in [4.78, 5) is 13.0. The topological polar surface area (TPSA) is 77.2 Å². The highest BCUT2D eigenvalue weighted by molar-refractivity contribution is 5.91. The van der Waals surface area contributed by atoms with Gasteiger partial charge in [-0.15, -0.1) is 5.10 Å². The van der Waals surface area contributed by atoms with E-state index in [0.717, 1.165) is 33.5 Å². The first-order valence-corrected chi connectivity index (χ1v) is 9.13. The minimum Gasteiger partial charge on any atom is -0.480 e. The van der Waals surface area contributed by atoms with Crippen molar-refractivity contribution in [1.82, 2.24) is 24.6 Å². The van der Waals surface area contributed by atoms with Crippen LogP contribution in [0.4, 0.5) is 5.95 Å². The highest BCUT2D eigenvalue weighted by Gasteiger charge is 2.28. The van der Waals surface area contributed by atoms with Crippen LogP contribution in [0.15, 0.2) is 43.0 Å². The van der Waals surface area contributed by atoms with Gasteiger partial charge in [0.2, 0.25) is 11.8 Å². The van der Waals surface area contributed by atoms with E-state index < -0.39 is 0 Å². The maximum absolute atomic E-state index is 5.38. The lowest BCUT2D eigenvalue weighted by atomic mass is 10.1. The quantitative estimate of drug-likeness (QED) is 0.586. The second kappa shape index (κ2) is 6.19. The van der Waals surface area contributed by atoms with Gasteiger partial charge in [-0.3, -0.25) is 0 Å². The Morgan fingerprint density at radius 1 is 1.19 bits per heavy atom. The lowest BCUT2D eigenvalue weighted by Gasteiger charge is -2.12. The zero-order valence-corrected chi connectivity index (χ0v) is 15.3. The van der Waals surface area contributed by atoms with Crippen molar-refractivity contribution in [2.75, 3.05) is 12.4 Å². The molecule has 1 fully saturated rings. The van der Waals surface area contributed by atoms with Gasteiger partial charge in [-0.2, -0.15) is 0 Å². The molecule has 1 aliphatic rings. The maximum atomic E-state index is 5.38. The van der Waals surface area contributed by atoms with Gasteiger partial charge in [-0.05, 0) is 49.4 Å². The number of ether oxygens (including phenoxy) is 1. The molecule has 1 saturated carbocycles. The summed E-state index contributed by atoms with van der Waals surface area (Å²) in [7, 11) is 1.62. The Morgan fingerprint density at radius 3 is 2.89 bits per heavy atom. The first-order chi connectivity index (χ1) is 13.2. The number of nitrogens with one attached hydrogen (secondary N) is 1. The van der Waals surface area contributed by atoms with Crippen molar-refractivity contribution in [1.29, 1.82) is 0 Å². The molecule has 136 valence electrons. The van der Waals surface area contributed by atoms with Gasteiger partial charge in [0, 0.05) is 17.8 Å². The van der Waals surface area contributed by atoms with Crippen LogP contribution in [0.2, 0.25) is 0 Å². The number of benzene rings is 1. The molecule has 0 radical (unpaired) electrons. The molecule has 0 spiro atoms. The van der Waals surface area contributed by atoms with Gasteiger partial charge in [-0.1, -0.05) is 6.07 Å². The molecule has 3 heterocycles. The SMILES string of the molecule is COc1ncnc2ccc(-c3ccn4nc(NC(C)C5CC5)ncc34)cc12. The fourth-order valence-corrected chi connectivity index (χ4v) is 3.49. The molecule has 0 amide bonds. The van der Waals surface area contributed by atoms with E-state index in [1.165, 1.54) is 19.2 Å². The summed E-state index contributed by atoms with van der Waals surface area (Å²) < 4.78 is 7.24. The molecule has 3 aromatic heterocycles. The molecule has 27 heavy (non-hydrogen) atoms. The lowest BCUT2D eigenvalue weighted by molar-refractivity contribution is 0.402. The lowest BCUT2D eigenvalue weighted by Crippen LogP contribution is -2.19. The van der Waals surface area contributed by atoms with Gasteiger partial charge in [0.05, 0.1) is 29.7 Å². The third kappa shape index (κ3) is 2.85. The number of anilines is 1. The summed E-state index contributed by atoms with van der Waals surface area (Å²) in [5, 5.41) is 8.90. The van der Waals surface area contributed by atoms with Crippen LogP contribution in [0.25, 0.3) is 27.5 Å². The Labute approximate surface area is 156 Å². The standard InChI is InChI=1S/C20H20N6O/c1-12(13-3-4-13)24-20-21-10-18-15(7-8-26(18)25-20)14-5-6-17-16(9-14)19(27-2)23-11-22-17/h5-13H,3-4H2,1-2H3,(H,24,25). The summed E-state index contributed by atoms with van der Waals surface area (Å²) in [6.45, 7) is 2.19. The molecule has 0 saturated heterocycles. The summed E-state index contributed by atoms with van der Waals surface area (Å²) in [6, 6.07) is 8.53. The Hall–Kier alpha value is -3.22. The van der Waals surface area contributed by atoms with Crippen LogP contribution in [0, 0.1) is 5.92 Å². The molecule has 0 bridgehead atoms.